The average molecular weight is 1010 g/mol. The summed E-state index contributed by atoms with van der Waals surface area (Å²) in [4.78, 5) is 13.0. The first kappa shape index (κ1) is 66.6. The predicted octanol–water partition coefficient (Wildman–Crippen LogP) is 13.8. The molecule has 1 aliphatic rings. The molecule has 73 heavy (non-hydrogen) atoms. The van der Waals surface area contributed by atoms with Crippen LogP contribution in [0.5, 0.6) is 0 Å². The summed E-state index contributed by atoms with van der Waals surface area (Å²) >= 11 is 0. The van der Waals surface area contributed by atoms with Gasteiger partial charge < -0.3 is 40.3 Å². The van der Waals surface area contributed by atoms with Crippen LogP contribution in [-0.4, -0.2) is 87.5 Å². The number of aliphatic hydroxyl groups excluding tert-OH is 5. The molecule has 0 aliphatic carbocycles. The molecule has 6 N–H and O–H groups in total. The van der Waals surface area contributed by atoms with Gasteiger partial charge in [0.25, 0.3) is 0 Å². The summed E-state index contributed by atoms with van der Waals surface area (Å²) in [7, 11) is 0. The number of hydrogen-bond acceptors (Lipinski definition) is 8. The molecule has 0 aromatic heterocycles. The second-order valence-corrected chi connectivity index (χ2v) is 18.3. The molecule has 0 radical (unpaired) electrons. The summed E-state index contributed by atoms with van der Waals surface area (Å²) in [6, 6.07) is -0.846. The van der Waals surface area contributed by atoms with Crippen LogP contribution in [0.2, 0.25) is 0 Å². The number of carbonyl (C=O) groups excluding carboxylic acids is 1. The van der Waals surface area contributed by atoms with E-state index in [1.807, 2.05) is 6.08 Å². The van der Waals surface area contributed by atoms with Crippen molar-refractivity contribution in [3.05, 3.63) is 170 Å². The minimum absolute atomic E-state index is 0.223. The number of nitrogens with one attached hydrogen (secondary N) is 1. The Hall–Kier alpha value is -4.45. The summed E-state index contributed by atoms with van der Waals surface area (Å²) in [5.74, 6) is -0.223. The molecule has 7 atom stereocenters. The molecule has 9 heteroatoms. The van der Waals surface area contributed by atoms with Gasteiger partial charge in [0, 0.05) is 6.42 Å². The van der Waals surface area contributed by atoms with E-state index < -0.39 is 49.5 Å². The van der Waals surface area contributed by atoms with Crippen LogP contribution in [0.1, 0.15) is 168 Å². The first-order valence-corrected chi connectivity index (χ1v) is 27.9. The summed E-state index contributed by atoms with van der Waals surface area (Å²) in [5, 5.41) is 54.1. The van der Waals surface area contributed by atoms with Crippen LogP contribution in [0.4, 0.5) is 0 Å². The molecule has 0 spiro atoms. The molecule has 1 fully saturated rings. The molecule has 9 nitrogen and oxygen atoms in total. The van der Waals surface area contributed by atoms with Gasteiger partial charge in [0.15, 0.2) is 6.29 Å². The Morgan fingerprint density at radius 3 is 1.30 bits per heavy atom. The Kier molecular flexibility index (Phi) is 46.6. The Balaban J connectivity index is 2.17. The number of hydrogen-bond donors (Lipinski definition) is 6. The molecule has 1 heterocycles. The van der Waals surface area contributed by atoms with Crippen LogP contribution in [-0.2, 0) is 14.3 Å². The van der Waals surface area contributed by atoms with E-state index in [-0.39, 0.29) is 12.5 Å². The zero-order valence-electron chi connectivity index (χ0n) is 45.1. The van der Waals surface area contributed by atoms with E-state index in [9.17, 15) is 30.3 Å². The van der Waals surface area contributed by atoms with Crippen molar-refractivity contribution in [1.29, 1.82) is 0 Å². The fourth-order valence-corrected chi connectivity index (χ4v) is 7.39. The first-order chi connectivity index (χ1) is 35.8. The molecule has 1 saturated heterocycles. The maximum Gasteiger partial charge on any atom is 0.220 e. The third-order valence-electron chi connectivity index (χ3n) is 11.8. The molecular weight excluding hydrogens is 911 g/mol. The lowest BCUT2D eigenvalue weighted by molar-refractivity contribution is -0.302. The normalized spacial score (nSPS) is 20.5. The van der Waals surface area contributed by atoms with Crippen molar-refractivity contribution < 1.29 is 39.8 Å². The monoisotopic (exact) mass is 1010 g/mol. The van der Waals surface area contributed by atoms with Gasteiger partial charge in [-0.3, -0.25) is 4.79 Å². The SMILES string of the molecule is CC/C=C\C/C=C\C/C=C\C/C=C\C/C=C\C/C=C\C/C=C\C/C=C\C/C=C\C/C=C\C/C=C\C/C=C\CCCCCCC(=O)NC(COC1OC(CO)C(O)C(O)C1O)C(O)/C=C/CC/C=C/CCCCC. The highest BCUT2D eigenvalue weighted by Crippen LogP contribution is 2.22. The van der Waals surface area contributed by atoms with Crippen molar-refractivity contribution >= 4 is 5.91 Å². The third-order valence-corrected chi connectivity index (χ3v) is 11.8. The summed E-state index contributed by atoms with van der Waals surface area (Å²) in [6.45, 7) is 3.54. The maximum absolute atomic E-state index is 13.0. The number of amides is 1. The van der Waals surface area contributed by atoms with E-state index in [0.717, 1.165) is 122 Å². The Bertz CT molecular complexity index is 1740. The molecule has 1 aliphatic heterocycles. The minimum Gasteiger partial charge on any atom is -0.394 e. The molecule has 408 valence electrons. The van der Waals surface area contributed by atoms with E-state index in [1.165, 1.54) is 19.3 Å². The fraction of sp³-hybridized carbons (Fsp3) is 0.547. The molecule has 0 bridgehead atoms. The number of carbonyl (C=O) groups is 1. The van der Waals surface area contributed by atoms with Crippen molar-refractivity contribution in [2.24, 2.45) is 0 Å². The number of unbranched alkanes of at least 4 members (excludes halogenated alkanes) is 8. The van der Waals surface area contributed by atoms with Gasteiger partial charge in [-0.25, -0.2) is 0 Å². The third kappa shape index (κ3) is 40.6. The van der Waals surface area contributed by atoms with Crippen LogP contribution in [0.25, 0.3) is 0 Å². The zero-order chi connectivity index (χ0) is 52.9. The number of rotatable bonds is 44. The van der Waals surface area contributed by atoms with Gasteiger partial charge in [-0.05, 0) is 122 Å². The van der Waals surface area contributed by atoms with E-state index in [2.05, 4.69) is 177 Å². The van der Waals surface area contributed by atoms with Gasteiger partial charge in [0.2, 0.25) is 5.91 Å². The summed E-state index contributed by atoms with van der Waals surface area (Å²) in [5.41, 5.74) is 0. The van der Waals surface area contributed by atoms with Gasteiger partial charge in [-0.2, -0.15) is 0 Å². The molecular formula is C64H99NO8. The van der Waals surface area contributed by atoms with E-state index in [4.69, 9.17) is 9.47 Å². The van der Waals surface area contributed by atoms with Crippen molar-refractivity contribution in [3.63, 3.8) is 0 Å². The topological polar surface area (TPSA) is 149 Å². The number of ether oxygens (including phenoxy) is 2. The maximum atomic E-state index is 13.0. The number of allylic oxidation sites excluding steroid dienone is 27. The van der Waals surface area contributed by atoms with Gasteiger partial charge in [0.1, 0.15) is 24.4 Å². The molecule has 0 aromatic rings. The lowest BCUT2D eigenvalue weighted by Crippen LogP contribution is -2.60. The Morgan fingerprint density at radius 1 is 0.479 bits per heavy atom. The average Bonchev–Trinajstić information content (AvgIpc) is 3.39. The van der Waals surface area contributed by atoms with Crippen molar-refractivity contribution in [3.8, 4) is 0 Å². The zero-order valence-corrected chi connectivity index (χ0v) is 45.1. The van der Waals surface area contributed by atoms with Crippen molar-refractivity contribution in [1.82, 2.24) is 5.32 Å². The van der Waals surface area contributed by atoms with Crippen molar-refractivity contribution in [2.75, 3.05) is 13.2 Å². The highest BCUT2D eigenvalue weighted by molar-refractivity contribution is 5.76. The first-order valence-electron chi connectivity index (χ1n) is 27.9. The van der Waals surface area contributed by atoms with E-state index in [0.29, 0.717) is 12.8 Å². The van der Waals surface area contributed by atoms with Gasteiger partial charge in [-0.1, -0.05) is 210 Å². The Labute approximate surface area is 443 Å². The number of aliphatic hydroxyl groups is 5. The van der Waals surface area contributed by atoms with E-state index >= 15 is 0 Å². The highest BCUT2D eigenvalue weighted by atomic mass is 16.7. The summed E-state index contributed by atoms with van der Waals surface area (Å²) in [6.07, 6.45) is 75.8. The van der Waals surface area contributed by atoms with Gasteiger partial charge >= 0.3 is 0 Å². The van der Waals surface area contributed by atoms with Gasteiger partial charge in [0.05, 0.1) is 25.4 Å². The molecule has 1 rings (SSSR count). The van der Waals surface area contributed by atoms with Crippen molar-refractivity contribution in [2.45, 2.75) is 211 Å². The quantitative estimate of drug-likeness (QED) is 0.0261. The van der Waals surface area contributed by atoms with E-state index in [1.54, 1.807) is 6.08 Å². The standard InChI is InChI=1S/C64H99NO8/c1-3-5-7-9-11-13-14-15-16-17-18-19-20-21-22-23-24-25-26-27-28-29-30-31-32-33-34-35-36-37-38-39-40-41-42-43-44-46-48-50-52-54-60(68)65-57(58(67)53-51-49-47-45-12-10-8-6-4-2)56-72-64-63(71)62(70)61(69)59(55-66)73-64/h5,7,11-13,15-16,18-19,21-22,24-25,27-28,30-31,33-34,36-37,39-40,42-43,45,51,53,57-59,61-64,66-67,69-71H,3-4,6,8-10,14,17,20,23,26,29,32,35,38,41,44,46-50,52,54-56H2,1-2H3,(H,65,68)/b7-5-,13-11-,16-15-,19-18-,22-21-,25-24-,28-27-,31-30-,34-33-,37-36-,40-39-,43-42-,45-12+,53-51+. The second kappa shape index (κ2) is 51.1. The molecule has 0 saturated carbocycles. The molecule has 1 amide bonds. The molecule has 0 aromatic carbocycles. The smallest absolute Gasteiger partial charge is 0.220 e. The van der Waals surface area contributed by atoms with Crippen LogP contribution in [0, 0.1) is 0 Å². The van der Waals surface area contributed by atoms with Crippen LogP contribution >= 0.6 is 0 Å². The Morgan fingerprint density at radius 2 is 0.863 bits per heavy atom. The van der Waals surface area contributed by atoms with Crippen LogP contribution < -0.4 is 5.32 Å². The van der Waals surface area contributed by atoms with Crippen LogP contribution in [0.3, 0.4) is 0 Å². The van der Waals surface area contributed by atoms with Gasteiger partial charge in [-0.15, -0.1) is 0 Å². The fourth-order valence-electron chi connectivity index (χ4n) is 7.39. The predicted molar refractivity (Wildman–Crippen MR) is 308 cm³/mol. The second-order valence-electron chi connectivity index (χ2n) is 18.3. The minimum atomic E-state index is -1.59. The largest absolute Gasteiger partial charge is 0.394 e. The lowest BCUT2D eigenvalue weighted by atomic mass is 9.99. The lowest BCUT2D eigenvalue weighted by Gasteiger charge is -2.40. The molecule has 7 unspecified atom stereocenters. The van der Waals surface area contributed by atoms with Crippen LogP contribution in [0.15, 0.2) is 170 Å². The highest BCUT2D eigenvalue weighted by Gasteiger charge is 2.44. The summed E-state index contributed by atoms with van der Waals surface area (Å²) < 4.78 is 11.2.